The van der Waals surface area contributed by atoms with Gasteiger partial charge in [0.15, 0.2) is 11.4 Å². The van der Waals surface area contributed by atoms with E-state index in [1.54, 1.807) is 51.1 Å². The maximum absolute atomic E-state index is 15.3. The van der Waals surface area contributed by atoms with Crippen LogP contribution in [0.1, 0.15) is 111 Å². The summed E-state index contributed by atoms with van der Waals surface area (Å²) >= 11 is 0. The molecule has 2 saturated carbocycles. The van der Waals surface area contributed by atoms with Gasteiger partial charge in [-0.15, -0.1) is 0 Å². The molecule has 19 nitrogen and oxygen atoms in total. The zero-order valence-corrected chi connectivity index (χ0v) is 44.1. The molecule has 2 amide bonds. The van der Waals surface area contributed by atoms with E-state index in [0.29, 0.717) is 0 Å². The summed E-state index contributed by atoms with van der Waals surface area (Å²) in [4.78, 5) is 100. The molecule has 78 heavy (non-hydrogen) atoms. The van der Waals surface area contributed by atoms with Gasteiger partial charge in [-0.3, -0.25) is 9.59 Å². The Labute approximate surface area is 449 Å². The van der Waals surface area contributed by atoms with Crippen LogP contribution in [0.25, 0.3) is 11.1 Å². The van der Waals surface area contributed by atoms with Gasteiger partial charge in [0, 0.05) is 24.2 Å². The van der Waals surface area contributed by atoms with Crippen LogP contribution in [-0.4, -0.2) is 130 Å². The molecule has 5 N–H and O–H groups in total. The Kier molecular flexibility index (Phi) is 13.7. The first kappa shape index (κ1) is 53.9. The van der Waals surface area contributed by atoms with Gasteiger partial charge in [-0.1, -0.05) is 105 Å². The van der Waals surface area contributed by atoms with Gasteiger partial charge < -0.3 is 59.1 Å². The van der Waals surface area contributed by atoms with Crippen LogP contribution in [0.2, 0.25) is 0 Å². The number of esters is 4. The largest absolute Gasteiger partial charge is 0.455 e. The number of amides is 2. The highest BCUT2D eigenvalue weighted by molar-refractivity contribution is 6.04. The minimum absolute atomic E-state index is 0.0755. The Morgan fingerprint density at radius 2 is 1.38 bits per heavy atom. The maximum Gasteiger partial charge on any atom is 0.408 e. The van der Waals surface area contributed by atoms with Crippen LogP contribution in [0, 0.1) is 16.7 Å². The number of rotatable bonds is 10. The van der Waals surface area contributed by atoms with Gasteiger partial charge in [-0.2, -0.15) is 0 Å². The molecule has 1 spiro atoms. The smallest absolute Gasteiger partial charge is 0.408 e. The number of hydrogen-bond acceptors (Lipinski definition) is 17. The third-order valence-corrected chi connectivity index (χ3v) is 16.8. The molecule has 2 bridgehead atoms. The predicted octanol–water partition coefficient (Wildman–Crippen LogP) is 5.96. The van der Waals surface area contributed by atoms with Crippen LogP contribution in [0.5, 0.6) is 0 Å². The van der Waals surface area contributed by atoms with Crippen molar-refractivity contribution in [2.45, 2.75) is 127 Å². The molecule has 10 rings (SSSR count). The summed E-state index contributed by atoms with van der Waals surface area (Å²) in [5.74, 6) is -7.37. The van der Waals surface area contributed by atoms with Crippen molar-refractivity contribution >= 4 is 41.8 Å². The summed E-state index contributed by atoms with van der Waals surface area (Å²) in [7, 11) is 0. The van der Waals surface area contributed by atoms with Gasteiger partial charge in [0.1, 0.15) is 54.8 Å². The third-order valence-electron chi connectivity index (χ3n) is 16.8. The number of alkyl carbamates (subject to hydrolysis) is 2. The lowest BCUT2D eigenvalue weighted by molar-refractivity contribution is -0.341. The summed E-state index contributed by atoms with van der Waals surface area (Å²) in [6.45, 7) is 9.49. The van der Waals surface area contributed by atoms with E-state index in [4.69, 9.17) is 33.2 Å². The van der Waals surface area contributed by atoms with E-state index in [-0.39, 0.29) is 53.4 Å². The normalized spacial score (nSPS) is 29.3. The van der Waals surface area contributed by atoms with E-state index in [2.05, 4.69) is 10.6 Å². The van der Waals surface area contributed by atoms with Crippen molar-refractivity contribution in [3.05, 3.63) is 142 Å². The molecule has 11 atom stereocenters. The number of hydrogen-bond donors (Lipinski definition) is 5. The van der Waals surface area contributed by atoms with Crippen molar-refractivity contribution in [2.75, 3.05) is 19.8 Å². The molecule has 410 valence electrons. The molecule has 3 fully saturated rings. The van der Waals surface area contributed by atoms with Gasteiger partial charge in [-0.25, -0.2) is 24.0 Å². The quantitative estimate of drug-likeness (QED) is 0.0697. The van der Waals surface area contributed by atoms with Gasteiger partial charge in [0.05, 0.1) is 35.2 Å². The molecule has 19 heteroatoms. The molecule has 4 aromatic rings. The standard InChI is InChI=1S/C59H62N2O17/c1-30-39(26-59(71)49-47-57(7,48(65)45(64)43(30)56(59,5)6)40(62)25-41-58(47,29-73-41)77-51(67)37-24-16-15-23-36(37)50(66)76-49)74-52(68)46(44(31-17-9-8-10-18-31)61-54(70)78-55(2,3)4)75-42(63)27-60-53(69)72-28-38-34-21-13-11-19-32(34)33-20-12-14-22-35(33)38/h8-24,38-41,44-47,49,62,64,71H,25-29H2,1-7H3,(H,60,69)(H,61,70)/t39-,40-,41+,44-,45+,46+,47?,49-,57+,58-,59+/m0/s1. The van der Waals surface area contributed by atoms with Gasteiger partial charge in [0.25, 0.3) is 0 Å². The van der Waals surface area contributed by atoms with E-state index < -0.39 is 131 Å². The highest BCUT2D eigenvalue weighted by Crippen LogP contribution is 2.64. The SMILES string of the molecule is CC1=C2[C@@H](O)C(=O)[C@@]3(C)C4[C@H](OC(=O)c5ccccc5C(=O)O[C@]45CO[C@@H]5C[C@@H]3O)[C@](O)(C[C@@H]1OC(=O)[C@H](OC(=O)CNC(=O)OCC1c3ccccc3-c3ccccc31)[C@@H](NC(=O)OC(C)(C)C)c1ccccc1)C2(C)C. The Balaban J connectivity index is 0.994. The van der Waals surface area contributed by atoms with Crippen molar-refractivity contribution in [1.29, 1.82) is 0 Å². The maximum atomic E-state index is 15.3. The number of aliphatic hydroxyl groups is 3. The van der Waals surface area contributed by atoms with Crippen molar-refractivity contribution in [3.63, 3.8) is 0 Å². The van der Waals surface area contributed by atoms with Crippen LogP contribution in [0.3, 0.4) is 0 Å². The van der Waals surface area contributed by atoms with Crippen LogP contribution < -0.4 is 10.6 Å². The molecule has 0 aromatic heterocycles. The Hall–Kier alpha value is -7.45. The molecule has 2 heterocycles. The fourth-order valence-corrected chi connectivity index (χ4v) is 12.9. The second-order valence-electron chi connectivity index (χ2n) is 22.7. The number of nitrogens with one attached hydrogen (secondary N) is 2. The van der Waals surface area contributed by atoms with E-state index in [1.165, 1.54) is 52.0 Å². The number of aliphatic hydroxyl groups excluding tert-OH is 2. The predicted molar refractivity (Wildman–Crippen MR) is 274 cm³/mol. The number of carbonyl (C=O) groups is 7. The number of ether oxygens (including phenoxy) is 7. The van der Waals surface area contributed by atoms with Crippen LogP contribution in [-0.2, 0) is 47.5 Å². The van der Waals surface area contributed by atoms with E-state index in [0.717, 1.165) is 22.3 Å². The minimum Gasteiger partial charge on any atom is -0.455 e. The van der Waals surface area contributed by atoms with E-state index >= 15 is 9.59 Å². The molecule has 4 aliphatic carbocycles. The van der Waals surface area contributed by atoms with Crippen molar-refractivity contribution in [1.82, 2.24) is 10.6 Å². The Morgan fingerprint density at radius 3 is 1.99 bits per heavy atom. The number of benzene rings is 4. The average molecular weight is 1070 g/mol. The van der Waals surface area contributed by atoms with Crippen LogP contribution in [0.4, 0.5) is 9.59 Å². The minimum atomic E-state index is -2.46. The lowest BCUT2D eigenvalue weighted by Crippen LogP contribution is -2.81. The highest BCUT2D eigenvalue weighted by Gasteiger charge is 2.78. The first-order valence-electron chi connectivity index (χ1n) is 25.9. The monoisotopic (exact) mass is 1070 g/mol. The highest BCUT2D eigenvalue weighted by atomic mass is 16.6. The second-order valence-corrected chi connectivity index (χ2v) is 22.7. The third kappa shape index (κ3) is 8.89. The first-order chi connectivity index (χ1) is 36.9. The van der Waals surface area contributed by atoms with Crippen LogP contribution in [0.15, 0.2) is 114 Å². The average Bonchev–Trinajstić information content (AvgIpc) is 3.90. The Morgan fingerprint density at radius 1 is 0.795 bits per heavy atom. The first-order valence-corrected chi connectivity index (χ1v) is 25.9. The van der Waals surface area contributed by atoms with Crippen molar-refractivity contribution in [3.8, 4) is 11.1 Å². The summed E-state index contributed by atoms with van der Waals surface area (Å²) in [6.07, 6.45) is -13.2. The summed E-state index contributed by atoms with van der Waals surface area (Å²) in [5.41, 5.74) is -5.41. The Bertz CT molecular complexity index is 3100. The van der Waals surface area contributed by atoms with E-state index in [9.17, 15) is 39.3 Å². The number of fused-ring (bicyclic) bond motifs is 7. The summed E-state index contributed by atoms with van der Waals surface area (Å²) in [5, 5.41) is 43.3. The van der Waals surface area contributed by atoms with E-state index in [1.807, 2.05) is 48.5 Å². The summed E-state index contributed by atoms with van der Waals surface area (Å²) < 4.78 is 42.1. The second kappa shape index (κ2) is 19.8. The summed E-state index contributed by atoms with van der Waals surface area (Å²) in [6, 6.07) is 27.6. The zero-order chi connectivity index (χ0) is 55.9. The molecule has 2 aliphatic heterocycles. The number of ketones is 1. The molecule has 1 saturated heterocycles. The lowest BCUT2D eigenvalue weighted by atomic mass is 9.44. The fourth-order valence-electron chi connectivity index (χ4n) is 12.9. The molecule has 0 radical (unpaired) electrons. The van der Waals surface area contributed by atoms with Gasteiger partial charge in [-0.05, 0) is 85.7 Å². The number of carbonyl (C=O) groups excluding carboxylic acids is 7. The van der Waals surface area contributed by atoms with Gasteiger partial charge >= 0.3 is 36.1 Å². The van der Waals surface area contributed by atoms with Crippen LogP contribution >= 0.6 is 0 Å². The topological polar surface area (TPSA) is 269 Å². The molecule has 1 unspecified atom stereocenters. The molecular weight excluding hydrogens is 1010 g/mol. The van der Waals surface area contributed by atoms with Crippen molar-refractivity contribution < 1.29 is 82.0 Å². The van der Waals surface area contributed by atoms with Gasteiger partial charge in [0.2, 0.25) is 6.10 Å². The van der Waals surface area contributed by atoms with Crippen molar-refractivity contribution in [2.24, 2.45) is 16.7 Å². The molecule has 4 aromatic carbocycles. The molecule has 6 aliphatic rings. The number of Topliss-reactive ketones (excluding diaryl/α,β-unsaturated/α-hetero) is 1. The lowest BCUT2D eigenvalue weighted by Gasteiger charge is -2.67. The zero-order valence-electron chi connectivity index (χ0n) is 44.1. The molecular formula is C59H62N2O17. The fraction of sp³-hybridized carbons (Fsp3) is 0.441.